The summed E-state index contributed by atoms with van der Waals surface area (Å²) in [6.07, 6.45) is 3.08. The fourth-order valence-corrected chi connectivity index (χ4v) is 6.37. The van der Waals surface area contributed by atoms with Gasteiger partial charge in [-0.2, -0.15) is 20.2 Å². The molecule has 1 saturated heterocycles. The number of hydrogen-bond acceptors (Lipinski definition) is 13. The zero-order chi connectivity index (χ0) is 39.9. The molecule has 0 radical (unpaired) electrons. The molecule has 4 heterocycles. The van der Waals surface area contributed by atoms with Crippen LogP contribution in [0.25, 0.3) is 11.0 Å². The Kier molecular flexibility index (Phi) is 11.4. The van der Waals surface area contributed by atoms with Crippen LogP contribution in [0.4, 0.5) is 27.9 Å². The fourth-order valence-electron chi connectivity index (χ4n) is 6.37. The number of carbonyl (C=O) groups is 2. The van der Waals surface area contributed by atoms with E-state index in [1.54, 1.807) is 49.3 Å². The number of carbonyl (C=O) groups excluding carboxylic acids is 2. The zero-order valence-electron chi connectivity index (χ0n) is 31.2. The number of likely N-dealkylation sites (N-methyl/N-ethyl adjacent to an activating group) is 1. The van der Waals surface area contributed by atoms with Gasteiger partial charge in [0.05, 0.1) is 29.2 Å². The lowest BCUT2D eigenvalue weighted by atomic mass is 10.0. The van der Waals surface area contributed by atoms with Gasteiger partial charge in [-0.25, -0.2) is 14.4 Å². The number of aromatic nitrogens is 7. The number of amides is 2. The number of rotatable bonds is 13. The first-order valence-corrected chi connectivity index (χ1v) is 18.1. The number of halogens is 1. The number of fused-ring (bicyclic) bond motifs is 1. The van der Waals surface area contributed by atoms with Gasteiger partial charge in [-0.05, 0) is 53.6 Å². The molecule has 18 heteroatoms. The predicted molar refractivity (Wildman–Crippen MR) is 210 cm³/mol. The minimum absolute atomic E-state index is 0.114. The first kappa shape index (κ1) is 38.0. The molecule has 1 unspecified atom stereocenters. The number of nitrogens with zero attached hydrogens (tertiary/aromatic N) is 9. The second kappa shape index (κ2) is 17.0. The van der Waals surface area contributed by atoms with Gasteiger partial charge in [0, 0.05) is 71.3 Å². The van der Waals surface area contributed by atoms with Crippen molar-refractivity contribution in [2.45, 2.75) is 25.6 Å². The molecule has 5 N–H and O–H groups in total. The van der Waals surface area contributed by atoms with Crippen molar-refractivity contribution in [3.05, 3.63) is 124 Å². The molecule has 1 aliphatic heterocycles. The lowest BCUT2D eigenvalue weighted by molar-refractivity contribution is -0.129. The number of H-pyrrole nitrogens is 2. The molecule has 3 aromatic carbocycles. The van der Waals surface area contributed by atoms with Crippen LogP contribution in [0.15, 0.2) is 83.9 Å². The molecule has 7 rings (SSSR count). The van der Waals surface area contributed by atoms with Gasteiger partial charge in [-0.1, -0.05) is 24.3 Å². The first-order chi connectivity index (χ1) is 27.6. The van der Waals surface area contributed by atoms with Crippen molar-refractivity contribution in [1.82, 2.24) is 49.6 Å². The summed E-state index contributed by atoms with van der Waals surface area (Å²) in [7, 11) is 3.33. The number of imidazole rings is 1. The van der Waals surface area contributed by atoms with Gasteiger partial charge >= 0.3 is 0 Å². The van der Waals surface area contributed by atoms with Crippen LogP contribution in [0.5, 0.6) is 0 Å². The number of piperazine rings is 1. The molecular formula is C39H39FN14O3. The number of nitriles is 1. The van der Waals surface area contributed by atoms with Crippen LogP contribution in [0.3, 0.4) is 0 Å². The van der Waals surface area contributed by atoms with Crippen molar-refractivity contribution in [2.75, 3.05) is 56.2 Å². The quantitative estimate of drug-likeness (QED) is 0.114. The number of hydrogen-bond donors (Lipinski definition) is 5. The number of aromatic amines is 2. The van der Waals surface area contributed by atoms with Gasteiger partial charge < -0.3 is 35.7 Å². The predicted octanol–water partition coefficient (Wildman–Crippen LogP) is 3.27. The molecule has 6 aromatic rings. The van der Waals surface area contributed by atoms with Crippen LogP contribution in [-0.4, -0.2) is 108 Å². The van der Waals surface area contributed by atoms with Gasteiger partial charge in [0.25, 0.3) is 11.5 Å². The van der Waals surface area contributed by atoms with E-state index in [1.165, 1.54) is 29.4 Å². The van der Waals surface area contributed by atoms with Crippen molar-refractivity contribution in [3.63, 3.8) is 0 Å². The van der Waals surface area contributed by atoms with E-state index in [2.05, 4.69) is 61.8 Å². The highest BCUT2D eigenvalue weighted by Crippen LogP contribution is 2.21. The molecule has 0 spiro atoms. The molecule has 17 nitrogen and oxygen atoms in total. The van der Waals surface area contributed by atoms with Gasteiger partial charge in [-0.3, -0.25) is 19.3 Å². The molecular weight excluding hydrogens is 732 g/mol. The Bertz CT molecular complexity index is 2490. The first-order valence-electron chi connectivity index (χ1n) is 18.1. The summed E-state index contributed by atoms with van der Waals surface area (Å²) in [5, 5.41) is 18.9. The monoisotopic (exact) mass is 770 g/mol. The number of anilines is 4. The topological polar surface area (TPSA) is 217 Å². The summed E-state index contributed by atoms with van der Waals surface area (Å²) >= 11 is 0. The highest BCUT2D eigenvalue weighted by atomic mass is 19.1. The minimum atomic E-state index is -0.759. The largest absolute Gasteiger partial charge is 0.347 e. The highest BCUT2D eigenvalue weighted by molar-refractivity contribution is 5.92. The standard InChI is InChI=1S/C39H39FN14O3/c1-52(2)35(56)31(19-24-6-8-25(21-41)9-7-24)48-39-50-37(44-22-32-46-29-11-10-27(40)20-30(29)47-32)49-38(51-39)45-28-5-3-4-26(18-28)23-53-14-16-54(17-15-53)36(57)33-34(55)43-13-12-42-33/h3-13,18,20,31H,14-17,19,22-23H2,1-2H3,(H,43,55)(H,46,47)(H3,44,45,48,49,50,51). The Morgan fingerprint density at radius 1 is 0.947 bits per heavy atom. The van der Waals surface area contributed by atoms with Crippen LogP contribution in [0, 0.1) is 17.1 Å². The maximum Gasteiger partial charge on any atom is 0.279 e. The normalized spacial score (nSPS) is 13.5. The summed E-state index contributed by atoms with van der Waals surface area (Å²) < 4.78 is 13.8. The van der Waals surface area contributed by atoms with Crippen molar-refractivity contribution < 1.29 is 14.0 Å². The Hall–Kier alpha value is -7.26. The van der Waals surface area contributed by atoms with Crippen LogP contribution >= 0.6 is 0 Å². The van der Waals surface area contributed by atoms with Crippen LogP contribution in [0.2, 0.25) is 0 Å². The maximum atomic E-state index is 13.8. The van der Waals surface area contributed by atoms with Crippen molar-refractivity contribution in [1.29, 1.82) is 5.26 Å². The summed E-state index contributed by atoms with van der Waals surface area (Å²) in [5.41, 5.74) is 3.60. The van der Waals surface area contributed by atoms with E-state index in [-0.39, 0.29) is 47.7 Å². The van der Waals surface area contributed by atoms with Gasteiger partial charge in [0.15, 0.2) is 5.69 Å². The van der Waals surface area contributed by atoms with Crippen LogP contribution < -0.4 is 21.5 Å². The SMILES string of the molecule is CN(C)C(=O)C(Cc1ccc(C#N)cc1)Nc1nc(NCc2nc3ccc(F)cc3[nH]2)nc(Nc2cccc(CN3CCN(C(=O)c4ncc[nH]c4=O)CC3)c2)n1. The third-order valence-corrected chi connectivity index (χ3v) is 9.27. The van der Waals surface area contributed by atoms with Crippen molar-refractivity contribution >= 4 is 46.4 Å². The van der Waals surface area contributed by atoms with E-state index in [0.29, 0.717) is 67.3 Å². The van der Waals surface area contributed by atoms with E-state index in [9.17, 15) is 24.0 Å². The molecule has 1 atom stereocenters. The summed E-state index contributed by atoms with van der Waals surface area (Å²) in [5.74, 6) is 0.0776. The summed E-state index contributed by atoms with van der Waals surface area (Å²) in [6, 6.07) is 20.5. The highest BCUT2D eigenvalue weighted by Gasteiger charge is 2.25. The fraction of sp³-hybridized carbons (Fsp3) is 0.256. The third-order valence-electron chi connectivity index (χ3n) is 9.27. The average molecular weight is 771 g/mol. The number of benzene rings is 3. The molecule has 57 heavy (non-hydrogen) atoms. The molecule has 0 aliphatic carbocycles. The second-order valence-corrected chi connectivity index (χ2v) is 13.6. The lowest BCUT2D eigenvalue weighted by Gasteiger charge is -2.34. The van der Waals surface area contributed by atoms with E-state index < -0.39 is 11.6 Å². The molecule has 2 amide bonds. The third kappa shape index (κ3) is 9.52. The van der Waals surface area contributed by atoms with Crippen molar-refractivity contribution in [2.24, 2.45) is 0 Å². The molecule has 1 fully saturated rings. The van der Waals surface area contributed by atoms with E-state index in [0.717, 1.165) is 11.1 Å². The molecule has 3 aromatic heterocycles. The van der Waals surface area contributed by atoms with Crippen LogP contribution in [-0.2, 0) is 24.3 Å². The van der Waals surface area contributed by atoms with Crippen LogP contribution in [0.1, 0.15) is 33.0 Å². The molecule has 1 aliphatic rings. The smallest absolute Gasteiger partial charge is 0.279 e. The van der Waals surface area contributed by atoms with Gasteiger partial charge in [0.2, 0.25) is 23.8 Å². The van der Waals surface area contributed by atoms with E-state index in [4.69, 9.17) is 0 Å². The molecule has 290 valence electrons. The lowest BCUT2D eigenvalue weighted by Crippen LogP contribution is -2.49. The average Bonchev–Trinajstić information content (AvgIpc) is 3.62. The molecule has 0 bridgehead atoms. The minimum Gasteiger partial charge on any atom is -0.347 e. The summed E-state index contributed by atoms with van der Waals surface area (Å²) in [6.45, 7) is 2.93. The van der Waals surface area contributed by atoms with E-state index >= 15 is 0 Å². The molecule has 0 saturated carbocycles. The van der Waals surface area contributed by atoms with Gasteiger partial charge in [0.1, 0.15) is 17.7 Å². The Labute approximate surface area is 326 Å². The Morgan fingerprint density at radius 2 is 1.72 bits per heavy atom. The van der Waals surface area contributed by atoms with Crippen molar-refractivity contribution in [3.8, 4) is 6.07 Å². The Balaban J connectivity index is 1.08. The number of nitrogens with one attached hydrogen (secondary N) is 5. The zero-order valence-corrected chi connectivity index (χ0v) is 31.2. The summed E-state index contributed by atoms with van der Waals surface area (Å²) in [4.78, 5) is 71.7. The Morgan fingerprint density at radius 3 is 2.47 bits per heavy atom. The second-order valence-electron chi connectivity index (χ2n) is 13.6. The van der Waals surface area contributed by atoms with E-state index in [1.807, 2.05) is 24.3 Å². The van der Waals surface area contributed by atoms with Gasteiger partial charge in [-0.15, -0.1) is 0 Å². The maximum absolute atomic E-state index is 13.8.